The van der Waals surface area contributed by atoms with Crippen molar-refractivity contribution in [3.8, 4) is 0 Å². The fraction of sp³-hybridized carbons (Fsp3) is 0.667. The monoisotopic (exact) mass is 487 g/mol. The van der Waals surface area contributed by atoms with E-state index in [1.165, 1.54) is 0 Å². The van der Waals surface area contributed by atoms with Gasteiger partial charge >= 0.3 is 0 Å². The van der Waals surface area contributed by atoms with Gasteiger partial charge in [0.15, 0.2) is 11.7 Å². The summed E-state index contributed by atoms with van der Waals surface area (Å²) in [7, 11) is 1.82. The van der Waals surface area contributed by atoms with Crippen LogP contribution in [-0.4, -0.2) is 51.3 Å². The second-order valence-corrected chi connectivity index (χ2v) is 6.76. The number of halogens is 1. The number of guanidine groups is 1. The molecule has 1 aliphatic rings. The van der Waals surface area contributed by atoms with Crippen LogP contribution in [0.2, 0.25) is 0 Å². The molecule has 3 heterocycles. The summed E-state index contributed by atoms with van der Waals surface area (Å²) >= 11 is 0. The van der Waals surface area contributed by atoms with Gasteiger partial charge in [-0.25, -0.2) is 4.98 Å². The average molecular weight is 487 g/mol. The summed E-state index contributed by atoms with van der Waals surface area (Å²) in [5.74, 6) is 3.67. The number of hydrogen-bond donors (Lipinski definition) is 2. The molecule has 0 unspecified atom stereocenters. The lowest BCUT2D eigenvalue weighted by atomic mass is 9.96. The van der Waals surface area contributed by atoms with Crippen LogP contribution in [-0.2, 0) is 6.54 Å². The Morgan fingerprint density at radius 1 is 1.37 bits per heavy atom. The maximum atomic E-state index is 5.49. The number of piperidine rings is 1. The van der Waals surface area contributed by atoms with Crippen LogP contribution in [0.4, 0.5) is 0 Å². The molecule has 9 heteroatoms. The second-order valence-electron chi connectivity index (χ2n) is 6.76. The minimum Gasteiger partial charge on any atom is -0.359 e. The normalized spacial score (nSPS) is 15.9. The molecule has 27 heavy (non-hydrogen) atoms. The molecule has 0 spiro atoms. The lowest BCUT2D eigenvalue weighted by Crippen LogP contribution is -2.45. The van der Waals surface area contributed by atoms with E-state index in [0.29, 0.717) is 18.4 Å². The standard InChI is InChI=1S/C18H29N7O.HI/c1-4-13(5-2)16-10-15(26-24-16)11-20-18(19-3)25-8-6-14(7-9-25)17-21-12-22-23-17;/h10,12-14H,4-9,11H2,1-3H3,(H,19,20)(H,21,22,23);1H. The highest BCUT2D eigenvalue weighted by Gasteiger charge is 2.24. The smallest absolute Gasteiger partial charge is 0.194 e. The number of aromatic amines is 1. The molecule has 0 bridgehead atoms. The van der Waals surface area contributed by atoms with Gasteiger partial charge in [-0.1, -0.05) is 19.0 Å². The zero-order valence-electron chi connectivity index (χ0n) is 16.3. The van der Waals surface area contributed by atoms with Gasteiger partial charge in [-0.2, -0.15) is 5.10 Å². The summed E-state index contributed by atoms with van der Waals surface area (Å²) < 4.78 is 5.49. The van der Waals surface area contributed by atoms with E-state index in [1.54, 1.807) is 6.33 Å². The first kappa shape index (κ1) is 21.6. The molecule has 0 aromatic carbocycles. The molecule has 0 atom stereocenters. The lowest BCUT2D eigenvalue weighted by molar-refractivity contribution is 0.296. The van der Waals surface area contributed by atoms with Crippen LogP contribution in [0, 0.1) is 0 Å². The summed E-state index contributed by atoms with van der Waals surface area (Å²) in [6.45, 7) is 6.86. The molecule has 0 radical (unpaired) electrons. The molecule has 150 valence electrons. The molecular weight excluding hydrogens is 457 g/mol. The van der Waals surface area contributed by atoms with Crippen molar-refractivity contribution in [2.24, 2.45) is 4.99 Å². The summed E-state index contributed by atoms with van der Waals surface area (Å²) in [5, 5.41) is 14.6. The van der Waals surface area contributed by atoms with E-state index < -0.39 is 0 Å². The molecule has 2 aromatic heterocycles. The van der Waals surface area contributed by atoms with Crippen LogP contribution >= 0.6 is 24.0 Å². The number of nitrogens with zero attached hydrogens (tertiary/aromatic N) is 5. The van der Waals surface area contributed by atoms with E-state index in [4.69, 9.17) is 4.52 Å². The van der Waals surface area contributed by atoms with Crippen molar-refractivity contribution < 1.29 is 4.52 Å². The van der Waals surface area contributed by atoms with Crippen LogP contribution < -0.4 is 5.32 Å². The van der Waals surface area contributed by atoms with E-state index in [0.717, 1.165) is 62.0 Å². The second kappa shape index (κ2) is 10.6. The molecule has 2 aromatic rings. The number of rotatable bonds is 6. The predicted octanol–water partition coefficient (Wildman–Crippen LogP) is 3.27. The zero-order valence-corrected chi connectivity index (χ0v) is 18.6. The minimum atomic E-state index is 0. The third kappa shape index (κ3) is 5.43. The van der Waals surface area contributed by atoms with Crippen molar-refractivity contribution in [3.05, 3.63) is 29.7 Å². The average Bonchev–Trinajstić information content (AvgIpc) is 3.36. The molecule has 0 saturated carbocycles. The number of aliphatic imine (C=N–C) groups is 1. The van der Waals surface area contributed by atoms with Crippen LogP contribution in [0.1, 0.15) is 68.6 Å². The fourth-order valence-electron chi connectivity index (χ4n) is 3.59. The number of hydrogen-bond acceptors (Lipinski definition) is 5. The van der Waals surface area contributed by atoms with Crippen LogP contribution in [0.25, 0.3) is 0 Å². The van der Waals surface area contributed by atoms with Gasteiger partial charge < -0.3 is 14.7 Å². The van der Waals surface area contributed by atoms with Crippen molar-refractivity contribution in [1.29, 1.82) is 0 Å². The van der Waals surface area contributed by atoms with Gasteiger partial charge in [0.05, 0.1) is 12.2 Å². The molecule has 0 amide bonds. The number of nitrogens with one attached hydrogen (secondary N) is 2. The van der Waals surface area contributed by atoms with Gasteiger partial charge in [0, 0.05) is 38.0 Å². The van der Waals surface area contributed by atoms with Gasteiger partial charge in [-0.05, 0) is 25.7 Å². The molecular formula is C18H30IN7O. The number of H-pyrrole nitrogens is 1. The van der Waals surface area contributed by atoms with Gasteiger partial charge in [-0.15, -0.1) is 24.0 Å². The highest BCUT2D eigenvalue weighted by atomic mass is 127. The third-order valence-corrected chi connectivity index (χ3v) is 5.23. The van der Waals surface area contributed by atoms with Gasteiger partial charge in [-0.3, -0.25) is 10.1 Å². The largest absolute Gasteiger partial charge is 0.359 e. The Morgan fingerprint density at radius 2 is 2.11 bits per heavy atom. The van der Waals surface area contributed by atoms with Gasteiger partial charge in [0.2, 0.25) is 0 Å². The molecule has 1 saturated heterocycles. The Bertz CT molecular complexity index is 688. The Kier molecular flexibility index (Phi) is 8.52. The molecule has 1 fully saturated rings. The SMILES string of the molecule is CCC(CC)c1cc(CNC(=NC)N2CCC(c3ncn[nH]3)CC2)on1.I. The Hall–Kier alpha value is -1.65. The highest BCUT2D eigenvalue weighted by Crippen LogP contribution is 2.25. The minimum absolute atomic E-state index is 0. The van der Waals surface area contributed by atoms with Crippen LogP contribution in [0.5, 0.6) is 0 Å². The van der Waals surface area contributed by atoms with E-state index in [2.05, 4.69) is 55.5 Å². The van der Waals surface area contributed by atoms with Crippen LogP contribution in [0.3, 0.4) is 0 Å². The van der Waals surface area contributed by atoms with Crippen molar-refractivity contribution in [3.63, 3.8) is 0 Å². The van der Waals surface area contributed by atoms with E-state index in [1.807, 2.05) is 7.05 Å². The molecule has 2 N–H and O–H groups in total. The van der Waals surface area contributed by atoms with E-state index in [9.17, 15) is 0 Å². The first-order valence-corrected chi connectivity index (χ1v) is 9.51. The molecule has 3 rings (SSSR count). The first-order valence-electron chi connectivity index (χ1n) is 9.51. The summed E-state index contributed by atoms with van der Waals surface area (Å²) in [6, 6.07) is 2.06. The maximum Gasteiger partial charge on any atom is 0.194 e. The topological polar surface area (TPSA) is 95.2 Å². The fourth-order valence-corrected chi connectivity index (χ4v) is 3.59. The molecule has 8 nitrogen and oxygen atoms in total. The summed E-state index contributed by atoms with van der Waals surface area (Å²) in [5.41, 5.74) is 1.05. The van der Waals surface area contributed by atoms with Crippen molar-refractivity contribution in [2.75, 3.05) is 20.1 Å². The summed E-state index contributed by atoms with van der Waals surface area (Å²) in [6.07, 6.45) is 5.82. The summed E-state index contributed by atoms with van der Waals surface area (Å²) in [4.78, 5) is 11.0. The van der Waals surface area contributed by atoms with Gasteiger partial charge in [0.1, 0.15) is 12.2 Å². The third-order valence-electron chi connectivity index (χ3n) is 5.23. The van der Waals surface area contributed by atoms with Crippen molar-refractivity contribution >= 4 is 29.9 Å². The Morgan fingerprint density at radius 3 is 2.70 bits per heavy atom. The zero-order chi connectivity index (χ0) is 18.4. The highest BCUT2D eigenvalue weighted by molar-refractivity contribution is 14.0. The number of aromatic nitrogens is 4. The molecule has 1 aliphatic heterocycles. The van der Waals surface area contributed by atoms with Crippen LogP contribution in [0.15, 0.2) is 21.9 Å². The number of likely N-dealkylation sites (tertiary alicyclic amines) is 1. The molecule has 0 aliphatic carbocycles. The Balaban J connectivity index is 0.00000261. The predicted molar refractivity (Wildman–Crippen MR) is 115 cm³/mol. The maximum absolute atomic E-state index is 5.49. The van der Waals surface area contributed by atoms with Crippen molar-refractivity contribution in [2.45, 2.75) is 57.9 Å². The lowest BCUT2D eigenvalue weighted by Gasteiger charge is -2.33. The van der Waals surface area contributed by atoms with E-state index in [-0.39, 0.29) is 24.0 Å². The van der Waals surface area contributed by atoms with Gasteiger partial charge in [0.25, 0.3) is 0 Å². The van der Waals surface area contributed by atoms with E-state index >= 15 is 0 Å². The first-order chi connectivity index (χ1) is 12.7. The quantitative estimate of drug-likeness (QED) is 0.369. The van der Waals surface area contributed by atoms with Crippen molar-refractivity contribution in [1.82, 2.24) is 30.6 Å². The Labute approximate surface area is 177 Å².